The van der Waals surface area contributed by atoms with E-state index in [1.165, 1.54) is 0 Å². The van der Waals surface area contributed by atoms with Gasteiger partial charge in [0.05, 0.1) is 11.7 Å². The van der Waals surface area contributed by atoms with Crippen molar-refractivity contribution in [3.63, 3.8) is 0 Å². The van der Waals surface area contributed by atoms with E-state index in [-0.39, 0.29) is 11.9 Å². The Morgan fingerprint density at radius 3 is 3.04 bits per heavy atom. The lowest BCUT2D eigenvalue weighted by Crippen LogP contribution is -2.39. The molecule has 3 aromatic heterocycles. The Morgan fingerprint density at radius 1 is 1.35 bits per heavy atom. The average Bonchev–Trinajstić information content (AvgIpc) is 3.23. The van der Waals surface area contributed by atoms with E-state index in [9.17, 15) is 4.79 Å². The average molecular weight is 326 g/mol. The van der Waals surface area contributed by atoms with Gasteiger partial charge in [-0.05, 0) is 38.3 Å². The van der Waals surface area contributed by atoms with Crippen LogP contribution in [0.3, 0.4) is 0 Å². The molecule has 118 valence electrons. The normalized spacial score (nSPS) is 18.5. The quantitative estimate of drug-likeness (QED) is 0.724. The van der Waals surface area contributed by atoms with E-state index >= 15 is 0 Å². The van der Waals surface area contributed by atoms with Crippen LogP contribution in [0.1, 0.15) is 46.5 Å². The molecule has 1 atom stereocenters. The summed E-state index contributed by atoms with van der Waals surface area (Å²) in [7, 11) is 0. The molecule has 0 bridgehead atoms. The summed E-state index contributed by atoms with van der Waals surface area (Å²) < 4.78 is 1.97. The topological polar surface area (TPSA) is 50.5 Å². The largest absolute Gasteiger partial charge is 0.328 e. The Bertz CT molecular complexity index is 840. The fourth-order valence-electron chi connectivity index (χ4n) is 3.29. The number of piperidine rings is 1. The molecular formula is C17H18N4OS. The Labute approximate surface area is 138 Å². The van der Waals surface area contributed by atoms with Gasteiger partial charge in [0.2, 0.25) is 0 Å². The van der Waals surface area contributed by atoms with Crippen molar-refractivity contribution in [2.75, 3.05) is 6.54 Å². The van der Waals surface area contributed by atoms with E-state index in [1.54, 1.807) is 11.3 Å². The molecule has 6 heteroatoms. The summed E-state index contributed by atoms with van der Waals surface area (Å²) in [5, 5.41) is 3.00. The Morgan fingerprint density at radius 2 is 2.26 bits per heavy atom. The molecule has 4 heterocycles. The van der Waals surface area contributed by atoms with Crippen LogP contribution in [-0.2, 0) is 0 Å². The van der Waals surface area contributed by atoms with Gasteiger partial charge < -0.3 is 9.30 Å². The third-order valence-corrected chi connectivity index (χ3v) is 5.35. The van der Waals surface area contributed by atoms with Crippen LogP contribution >= 0.6 is 11.3 Å². The number of pyridine rings is 1. The fraction of sp³-hybridized carbons (Fsp3) is 0.353. The van der Waals surface area contributed by atoms with Crippen LogP contribution in [0.2, 0.25) is 0 Å². The molecule has 4 rings (SSSR count). The lowest BCUT2D eigenvalue weighted by Gasteiger charge is -2.34. The van der Waals surface area contributed by atoms with Gasteiger partial charge in [-0.15, -0.1) is 11.3 Å². The first-order valence-corrected chi connectivity index (χ1v) is 8.78. The summed E-state index contributed by atoms with van der Waals surface area (Å²) in [5.74, 6) is 0.0195. The van der Waals surface area contributed by atoms with Crippen LogP contribution in [0.5, 0.6) is 0 Å². The summed E-state index contributed by atoms with van der Waals surface area (Å²) >= 11 is 1.62. The minimum atomic E-state index is 0.0195. The van der Waals surface area contributed by atoms with E-state index < -0.39 is 0 Å². The Kier molecular flexibility index (Phi) is 3.61. The van der Waals surface area contributed by atoms with Gasteiger partial charge in [-0.1, -0.05) is 6.07 Å². The predicted octanol–water partition coefficient (Wildman–Crippen LogP) is 3.47. The molecule has 0 saturated carbocycles. The van der Waals surface area contributed by atoms with Crippen molar-refractivity contribution in [1.29, 1.82) is 0 Å². The third-order valence-electron chi connectivity index (χ3n) is 4.47. The van der Waals surface area contributed by atoms with E-state index in [0.717, 1.165) is 42.2 Å². The van der Waals surface area contributed by atoms with E-state index in [4.69, 9.17) is 0 Å². The van der Waals surface area contributed by atoms with Gasteiger partial charge in [0.25, 0.3) is 5.91 Å². The number of fused-ring (bicyclic) bond motifs is 1. The molecular weight excluding hydrogens is 308 g/mol. The van der Waals surface area contributed by atoms with Gasteiger partial charge in [-0.3, -0.25) is 4.79 Å². The molecule has 5 nitrogen and oxygen atoms in total. The number of hydrogen-bond donors (Lipinski definition) is 0. The van der Waals surface area contributed by atoms with Crippen molar-refractivity contribution in [3.05, 3.63) is 52.4 Å². The summed E-state index contributed by atoms with van der Waals surface area (Å²) in [6, 6.07) is 5.91. The van der Waals surface area contributed by atoms with Crippen LogP contribution in [0.15, 0.2) is 36.0 Å². The van der Waals surface area contributed by atoms with Crippen LogP contribution in [0.25, 0.3) is 5.65 Å². The second kappa shape index (κ2) is 5.77. The molecule has 3 aromatic rings. The smallest absolute Gasteiger partial charge is 0.274 e. The highest BCUT2D eigenvalue weighted by Crippen LogP contribution is 2.33. The molecule has 0 spiro atoms. The molecule has 23 heavy (non-hydrogen) atoms. The minimum Gasteiger partial charge on any atom is -0.328 e. The number of carbonyl (C=O) groups excluding carboxylic acids is 1. The van der Waals surface area contributed by atoms with Gasteiger partial charge in [0.1, 0.15) is 16.3 Å². The van der Waals surface area contributed by atoms with Crippen molar-refractivity contribution in [3.8, 4) is 0 Å². The highest BCUT2D eigenvalue weighted by Gasteiger charge is 2.32. The molecule has 1 amide bonds. The van der Waals surface area contributed by atoms with Crippen LogP contribution in [0.4, 0.5) is 0 Å². The number of aromatic nitrogens is 3. The number of aryl methyl sites for hydroxylation is 1. The maximum Gasteiger partial charge on any atom is 0.274 e. The maximum atomic E-state index is 13.1. The molecule has 0 N–H and O–H groups in total. The monoisotopic (exact) mass is 326 g/mol. The zero-order chi connectivity index (χ0) is 15.8. The van der Waals surface area contributed by atoms with Gasteiger partial charge in [-0.25, -0.2) is 9.97 Å². The standard InChI is InChI=1S/C17H18N4OS/c1-12-15(19-14-7-3-5-9-20(12)14)17(22)21-10-4-2-6-13(21)16-18-8-11-23-16/h3,5,7-9,11,13H,2,4,6,10H2,1H3. The zero-order valence-electron chi connectivity index (χ0n) is 13.0. The van der Waals surface area contributed by atoms with Crippen molar-refractivity contribution in [2.45, 2.75) is 32.2 Å². The molecule has 0 aromatic carbocycles. The Hall–Kier alpha value is -2.21. The summed E-state index contributed by atoms with van der Waals surface area (Å²) in [4.78, 5) is 24.1. The molecule has 1 unspecified atom stereocenters. The van der Waals surface area contributed by atoms with Crippen LogP contribution in [-0.4, -0.2) is 31.7 Å². The van der Waals surface area contributed by atoms with E-state index in [2.05, 4.69) is 9.97 Å². The number of nitrogens with zero attached hydrogens (tertiary/aromatic N) is 4. The van der Waals surface area contributed by atoms with Crippen molar-refractivity contribution >= 4 is 22.9 Å². The molecule has 1 aliphatic rings. The molecule has 0 aliphatic carbocycles. The number of imidazole rings is 1. The SMILES string of the molecule is Cc1c(C(=O)N2CCCCC2c2nccs2)nc2ccccn12. The molecule has 0 radical (unpaired) electrons. The number of thiazole rings is 1. The summed E-state index contributed by atoms with van der Waals surface area (Å²) in [5.41, 5.74) is 2.27. The first kappa shape index (κ1) is 14.4. The molecule has 1 saturated heterocycles. The first-order valence-electron chi connectivity index (χ1n) is 7.90. The summed E-state index contributed by atoms with van der Waals surface area (Å²) in [6.45, 7) is 2.73. The van der Waals surface area contributed by atoms with Crippen LogP contribution in [0, 0.1) is 6.92 Å². The van der Waals surface area contributed by atoms with E-state index in [1.807, 2.05) is 52.2 Å². The van der Waals surface area contributed by atoms with Gasteiger partial charge >= 0.3 is 0 Å². The van der Waals surface area contributed by atoms with Crippen molar-refractivity contribution < 1.29 is 4.79 Å². The maximum absolute atomic E-state index is 13.1. The highest BCUT2D eigenvalue weighted by atomic mass is 32.1. The van der Waals surface area contributed by atoms with Gasteiger partial charge in [-0.2, -0.15) is 0 Å². The number of likely N-dealkylation sites (tertiary alicyclic amines) is 1. The summed E-state index contributed by atoms with van der Waals surface area (Å²) in [6.07, 6.45) is 6.92. The number of rotatable bonds is 2. The van der Waals surface area contributed by atoms with Gasteiger partial charge in [0.15, 0.2) is 0 Å². The van der Waals surface area contributed by atoms with Crippen molar-refractivity contribution in [1.82, 2.24) is 19.3 Å². The molecule has 1 aliphatic heterocycles. The third kappa shape index (κ3) is 2.43. The highest BCUT2D eigenvalue weighted by molar-refractivity contribution is 7.09. The Balaban J connectivity index is 1.72. The molecule has 1 fully saturated rings. The lowest BCUT2D eigenvalue weighted by atomic mass is 10.0. The number of carbonyl (C=O) groups is 1. The minimum absolute atomic E-state index is 0.0195. The van der Waals surface area contributed by atoms with Crippen molar-refractivity contribution in [2.24, 2.45) is 0 Å². The first-order chi connectivity index (χ1) is 11.3. The second-order valence-electron chi connectivity index (χ2n) is 5.86. The zero-order valence-corrected chi connectivity index (χ0v) is 13.8. The lowest BCUT2D eigenvalue weighted by molar-refractivity contribution is 0.0605. The van der Waals surface area contributed by atoms with E-state index in [0.29, 0.717) is 5.69 Å². The number of hydrogen-bond acceptors (Lipinski definition) is 4. The second-order valence-corrected chi connectivity index (χ2v) is 6.78. The fourth-order valence-corrected chi connectivity index (χ4v) is 4.07. The predicted molar refractivity (Wildman–Crippen MR) is 89.7 cm³/mol. The van der Waals surface area contributed by atoms with Crippen LogP contribution < -0.4 is 0 Å². The van der Waals surface area contributed by atoms with Gasteiger partial charge in [0, 0.05) is 24.3 Å². The number of amides is 1.